The molecule has 1 aromatic heterocycles. The van der Waals surface area contributed by atoms with E-state index < -0.39 is 10.3 Å². The summed E-state index contributed by atoms with van der Waals surface area (Å²) in [5.74, 6) is 0.663. The van der Waals surface area contributed by atoms with Gasteiger partial charge in [0.15, 0.2) is 18.0 Å². The predicted molar refractivity (Wildman–Crippen MR) is 121 cm³/mol. The van der Waals surface area contributed by atoms with Crippen molar-refractivity contribution in [3.8, 4) is 11.5 Å². The Labute approximate surface area is 203 Å². The van der Waals surface area contributed by atoms with E-state index in [0.29, 0.717) is 29.4 Å². The van der Waals surface area contributed by atoms with Gasteiger partial charge in [0.2, 0.25) is 0 Å². The summed E-state index contributed by atoms with van der Waals surface area (Å²) in [6.45, 7) is 0. The van der Waals surface area contributed by atoms with Crippen molar-refractivity contribution in [3.05, 3.63) is 84.2 Å². The fourth-order valence-electron chi connectivity index (χ4n) is 1.96. The summed E-state index contributed by atoms with van der Waals surface area (Å²) in [6, 6.07) is 20.2. The van der Waals surface area contributed by atoms with Crippen LogP contribution in [0.3, 0.4) is 0 Å². The molecule has 1 heterocycles. The molecule has 14 heteroatoms. The summed E-state index contributed by atoms with van der Waals surface area (Å²) >= 11 is 0.843. The molecule has 0 saturated heterocycles. The minimum absolute atomic E-state index is 0.180. The fraction of sp³-hybridized carbons (Fsp3) is 0. The van der Waals surface area contributed by atoms with Gasteiger partial charge >= 0.3 is 43.6 Å². The van der Waals surface area contributed by atoms with E-state index in [9.17, 15) is 8.42 Å². The molecule has 1 N–H and O–H groups in total. The van der Waals surface area contributed by atoms with Crippen molar-refractivity contribution in [2.45, 2.75) is 0 Å². The number of halogens is 2. The molecule has 0 aliphatic heterocycles. The predicted octanol–water partition coefficient (Wildman–Crippen LogP) is 5.06. The van der Waals surface area contributed by atoms with Gasteiger partial charge in [0.1, 0.15) is 5.75 Å². The molecule has 0 aliphatic rings. The number of aromatic nitrogens is 1. The first-order valence-electron chi connectivity index (χ1n) is 8.37. The van der Waals surface area contributed by atoms with Crippen molar-refractivity contribution in [2.75, 3.05) is 0 Å². The van der Waals surface area contributed by atoms with Crippen molar-refractivity contribution in [2.24, 2.45) is 8.80 Å². The van der Waals surface area contributed by atoms with E-state index in [2.05, 4.69) is 23.2 Å². The van der Waals surface area contributed by atoms with E-state index in [1.54, 1.807) is 54.6 Å². The molecule has 0 amide bonds. The summed E-state index contributed by atoms with van der Waals surface area (Å²) in [7, 11) is 5.42. The van der Waals surface area contributed by atoms with Gasteiger partial charge in [0, 0.05) is 5.04 Å². The Balaban J connectivity index is 0.00000114. The zero-order valence-corrected chi connectivity index (χ0v) is 20.1. The average Bonchev–Trinajstić information content (AvgIpc) is 3.24. The maximum atomic E-state index is 11.8. The van der Waals surface area contributed by atoms with Crippen molar-refractivity contribution in [3.63, 3.8) is 0 Å². The molecule has 0 spiro atoms. The number of aromatic amines is 1. The molecule has 9 nitrogen and oxygen atoms in total. The Morgan fingerprint density at radius 2 is 1.44 bits per heavy atom. The number of hydrogen-bond acceptors (Lipinski definition) is 8. The fourth-order valence-corrected chi connectivity index (χ4v) is 2.84. The molecular formula is C18H15Cl2FeN3O6S2. The second kappa shape index (κ2) is 14.9. The number of benzene rings is 2. The summed E-state index contributed by atoms with van der Waals surface area (Å²) < 4.78 is 40.6. The quantitative estimate of drug-likeness (QED) is 0.0702. The first-order chi connectivity index (χ1) is 15.5. The first kappa shape index (κ1) is 26.2. The van der Waals surface area contributed by atoms with Gasteiger partial charge in [-0.25, -0.2) is 0 Å². The van der Waals surface area contributed by atoms with Crippen molar-refractivity contribution in [1.82, 2.24) is 4.98 Å². The summed E-state index contributed by atoms with van der Waals surface area (Å²) in [4.78, 5) is 7.76. The summed E-state index contributed by atoms with van der Waals surface area (Å²) in [6.07, 6.45) is 2.58. The second-order valence-corrected chi connectivity index (χ2v) is 8.87. The summed E-state index contributed by atoms with van der Waals surface area (Å²) in [5.41, 5.74) is 1.04. The van der Waals surface area contributed by atoms with Gasteiger partial charge in [0.25, 0.3) is 0 Å². The molecule has 2 aromatic carbocycles. The minimum atomic E-state index is -4.11. The zero-order valence-electron chi connectivity index (χ0n) is 15.9. The van der Waals surface area contributed by atoms with Crippen LogP contribution in [0.25, 0.3) is 0 Å². The third-order valence-corrected chi connectivity index (χ3v) is 4.24. The topological polar surface area (TPSA) is 112 Å². The van der Waals surface area contributed by atoms with Crippen LogP contribution in [0.15, 0.2) is 81.6 Å². The Hall–Kier alpha value is -2.02. The van der Waals surface area contributed by atoms with E-state index in [1.165, 1.54) is 18.3 Å². The number of para-hydroxylation sites is 2. The molecule has 3 rings (SSSR count). The van der Waals surface area contributed by atoms with Crippen LogP contribution in [0.1, 0.15) is 11.4 Å². The molecule has 32 heavy (non-hydrogen) atoms. The molecule has 0 radical (unpaired) electrons. The van der Waals surface area contributed by atoms with Gasteiger partial charge in [-0.1, -0.05) is 40.7 Å². The van der Waals surface area contributed by atoms with Gasteiger partial charge in [-0.05, 0) is 36.4 Å². The number of nitrogens with zero attached hydrogens (tertiary/aromatic N) is 2. The molecule has 0 atom stereocenters. The van der Waals surface area contributed by atoms with E-state index in [1.807, 2.05) is 6.07 Å². The first-order valence-corrected chi connectivity index (χ1v) is 13.5. The number of nitrogens with one attached hydrogen (secondary N) is 1. The Morgan fingerprint density at radius 3 is 2.06 bits per heavy atom. The van der Waals surface area contributed by atoms with Crippen LogP contribution < -0.4 is 9.07 Å². The zero-order chi connectivity index (χ0) is 23.1. The standard InChI is InChI=1S/C18H15N3O6S2.2ClH.Fe/c22-29(23,25-18-9-5-2-6-10-18)20-14-16-12-11-15(21-16)13-19-28-27-26-24-17-7-3-1-4-8-17;;;/h1-14,21H;2*1H;/q;;;+2/p-2/b19-13+,20-14+;;;. The number of H-pyrrole nitrogens is 1. The van der Waals surface area contributed by atoms with Crippen molar-refractivity contribution >= 4 is 55.2 Å². The number of rotatable bonds is 10. The molecule has 3 aromatic rings. The van der Waals surface area contributed by atoms with Gasteiger partial charge in [-0.3, -0.25) is 0 Å². The van der Waals surface area contributed by atoms with E-state index in [0.717, 1.165) is 6.21 Å². The van der Waals surface area contributed by atoms with Gasteiger partial charge < -0.3 is 14.1 Å². The van der Waals surface area contributed by atoms with Crippen molar-refractivity contribution < 1.29 is 40.0 Å². The van der Waals surface area contributed by atoms with Crippen LogP contribution in [-0.4, -0.2) is 25.8 Å². The van der Waals surface area contributed by atoms with Gasteiger partial charge in [0.05, 0.1) is 23.8 Å². The van der Waals surface area contributed by atoms with E-state index in [-0.39, 0.29) is 18.9 Å². The third kappa shape index (κ3) is 11.0. The molecule has 0 bridgehead atoms. The average molecular weight is 560 g/mol. The maximum absolute atomic E-state index is 11.8. The Kier molecular flexibility index (Phi) is 12.2. The van der Waals surface area contributed by atoms with Crippen molar-refractivity contribution in [1.29, 1.82) is 0 Å². The Morgan fingerprint density at radius 1 is 0.875 bits per heavy atom. The monoisotopic (exact) mass is 559 g/mol. The van der Waals surface area contributed by atoms with Crippen LogP contribution in [0, 0.1) is 0 Å². The molecular weight excluding hydrogens is 545 g/mol. The van der Waals surface area contributed by atoms with Crippen LogP contribution in [-0.2, 0) is 32.8 Å². The molecule has 0 aliphatic carbocycles. The van der Waals surface area contributed by atoms with Crippen LogP contribution >= 0.6 is 32.4 Å². The molecule has 0 fully saturated rings. The van der Waals surface area contributed by atoms with E-state index in [4.69, 9.17) is 29.3 Å². The normalized spacial score (nSPS) is 11.4. The van der Waals surface area contributed by atoms with Crippen LogP contribution in [0.2, 0.25) is 0 Å². The molecule has 0 unspecified atom stereocenters. The Bertz CT molecular complexity index is 1090. The number of hydrogen-bond donors (Lipinski definition) is 1. The van der Waals surface area contributed by atoms with Crippen LogP contribution in [0.4, 0.5) is 0 Å². The van der Waals surface area contributed by atoms with Gasteiger partial charge in [-0.15, -0.1) is 4.40 Å². The SMILES string of the molecule is O=S(=O)(/N=C/c1ccc(/C=N/SOOOc2ccccc2)[nH]1)Oc1ccccc1.[Cl][Fe][Cl]. The van der Waals surface area contributed by atoms with Crippen LogP contribution in [0.5, 0.6) is 11.5 Å². The molecule has 0 saturated carbocycles. The third-order valence-electron chi connectivity index (χ3n) is 3.16. The van der Waals surface area contributed by atoms with E-state index >= 15 is 0 Å². The molecule has 172 valence electrons. The second-order valence-electron chi connectivity index (χ2n) is 5.32. The summed E-state index contributed by atoms with van der Waals surface area (Å²) in [5, 5.41) is 4.52. The van der Waals surface area contributed by atoms with Gasteiger partial charge in [-0.2, -0.15) is 12.8 Å².